The molecule has 2 rings (SSSR count). The van der Waals surface area contributed by atoms with Crippen molar-refractivity contribution in [1.82, 2.24) is 4.98 Å². The van der Waals surface area contributed by atoms with Gasteiger partial charge in [0.05, 0.1) is 0 Å². The van der Waals surface area contributed by atoms with Crippen molar-refractivity contribution in [2.75, 3.05) is 5.32 Å². The van der Waals surface area contributed by atoms with Gasteiger partial charge in [-0.2, -0.15) is 9.37 Å². The molecule has 1 heterocycles. The Balaban J connectivity index is 2.11. The number of halogens is 3. The van der Waals surface area contributed by atoms with Gasteiger partial charge in [-0.05, 0) is 25.2 Å². The average Bonchev–Trinajstić information content (AvgIpc) is 2.42. The molecule has 1 aromatic heterocycles. The zero-order chi connectivity index (χ0) is 13.8. The quantitative estimate of drug-likeness (QED) is 0.828. The Morgan fingerprint density at radius 1 is 1.21 bits per heavy atom. The van der Waals surface area contributed by atoms with Crippen LogP contribution in [0.4, 0.5) is 19.0 Å². The summed E-state index contributed by atoms with van der Waals surface area (Å²) >= 11 is 0. The maximum absolute atomic E-state index is 13.6. The minimum atomic E-state index is -1.26. The van der Waals surface area contributed by atoms with Crippen LogP contribution < -0.4 is 5.32 Å². The van der Waals surface area contributed by atoms with Crippen molar-refractivity contribution in [3.8, 4) is 0 Å². The normalized spacial score (nSPS) is 18.3. The van der Waals surface area contributed by atoms with Crippen molar-refractivity contribution in [1.29, 1.82) is 0 Å². The van der Waals surface area contributed by atoms with Crippen LogP contribution in [0, 0.1) is 23.5 Å². The Kier molecular flexibility index (Phi) is 4.66. The van der Waals surface area contributed by atoms with Crippen LogP contribution in [0.25, 0.3) is 0 Å². The summed E-state index contributed by atoms with van der Waals surface area (Å²) < 4.78 is 39.5. The number of pyridine rings is 1. The van der Waals surface area contributed by atoms with Gasteiger partial charge in [-0.25, -0.2) is 8.78 Å². The average molecular weight is 272 g/mol. The van der Waals surface area contributed by atoms with E-state index in [0.29, 0.717) is 12.0 Å². The second-order valence-electron chi connectivity index (χ2n) is 5.15. The van der Waals surface area contributed by atoms with Crippen LogP contribution in [-0.4, -0.2) is 11.0 Å². The zero-order valence-electron chi connectivity index (χ0n) is 11.1. The van der Waals surface area contributed by atoms with Gasteiger partial charge in [-0.3, -0.25) is 0 Å². The lowest BCUT2D eigenvalue weighted by Gasteiger charge is -2.30. The van der Waals surface area contributed by atoms with E-state index in [0.717, 1.165) is 19.3 Å². The van der Waals surface area contributed by atoms with Gasteiger partial charge >= 0.3 is 0 Å². The summed E-state index contributed by atoms with van der Waals surface area (Å²) in [5.74, 6) is -3.09. The van der Waals surface area contributed by atoms with Crippen molar-refractivity contribution in [3.63, 3.8) is 0 Å². The first kappa shape index (κ1) is 14.2. The van der Waals surface area contributed by atoms with Gasteiger partial charge < -0.3 is 5.32 Å². The molecule has 1 aromatic rings. The number of nitrogens with zero attached hydrogens (tertiary/aromatic N) is 1. The molecule has 0 aromatic carbocycles. The van der Waals surface area contributed by atoms with E-state index in [4.69, 9.17) is 0 Å². The Labute approximate surface area is 111 Å². The first-order chi connectivity index (χ1) is 9.11. The van der Waals surface area contributed by atoms with E-state index in [1.165, 1.54) is 19.3 Å². The molecular weight excluding hydrogens is 253 g/mol. The van der Waals surface area contributed by atoms with Crippen LogP contribution >= 0.6 is 0 Å². The van der Waals surface area contributed by atoms with Crippen LogP contribution in [-0.2, 0) is 0 Å². The van der Waals surface area contributed by atoms with Crippen molar-refractivity contribution in [3.05, 3.63) is 23.6 Å². The monoisotopic (exact) mass is 272 g/mol. The molecule has 106 valence electrons. The molecule has 5 heteroatoms. The molecule has 2 nitrogen and oxygen atoms in total. The molecule has 0 aliphatic heterocycles. The lowest BCUT2D eigenvalue weighted by molar-refractivity contribution is 0.311. The van der Waals surface area contributed by atoms with Gasteiger partial charge in [0, 0.05) is 12.1 Å². The Hall–Kier alpha value is -1.26. The van der Waals surface area contributed by atoms with Gasteiger partial charge in [0.25, 0.3) is 5.95 Å². The standard InChI is InChI=1S/C14H19F3N2/c1-2-12(9-6-4-3-5-7-9)18-14-11(16)8-10(15)13(17)19-14/h8-9,12H,2-7H2,1H3,(H,18,19). The maximum Gasteiger partial charge on any atom is 0.251 e. The van der Waals surface area contributed by atoms with E-state index in [1.807, 2.05) is 6.92 Å². The minimum absolute atomic E-state index is 0.0622. The number of rotatable bonds is 4. The van der Waals surface area contributed by atoms with Gasteiger partial charge in [0.1, 0.15) is 0 Å². The first-order valence-corrected chi connectivity index (χ1v) is 6.90. The topological polar surface area (TPSA) is 24.9 Å². The summed E-state index contributed by atoms with van der Waals surface area (Å²) in [6, 6.07) is 0.602. The van der Waals surface area contributed by atoms with Crippen LogP contribution in [0.15, 0.2) is 6.07 Å². The molecule has 1 aliphatic rings. The van der Waals surface area contributed by atoms with E-state index >= 15 is 0 Å². The summed E-state index contributed by atoms with van der Waals surface area (Å²) in [6.45, 7) is 2.00. The zero-order valence-corrected chi connectivity index (χ0v) is 11.1. The van der Waals surface area contributed by atoms with Gasteiger partial charge in [-0.15, -0.1) is 0 Å². The molecule has 0 bridgehead atoms. The number of nitrogens with one attached hydrogen (secondary N) is 1. The molecule has 0 amide bonds. The molecule has 1 atom stereocenters. The lowest BCUT2D eigenvalue weighted by atomic mass is 9.83. The predicted molar refractivity (Wildman–Crippen MR) is 68.4 cm³/mol. The Bertz CT molecular complexity index is 431. The Morgan fingerprint density at radius 2 is 1.89 bits per heavy atom. The molecule has 0 spiro atoms. The third-order valence-corrected chi connectivity index (χ3v) is 3.87. The summed E-state index contributed by atoms with van der Waals surface area (Å²) in [4.78, 5) is 3.33. The lowest BCUT2D eigenvalue weighted by Crippen LogP contribution is -2.31. The van der Waals surface area contributed by atoms with Crippen molar-refractivity contribution >= 4 is 5.82 Å². The van der Waals surface area contributed by atoms with E-state index in [2.05, 4.69) is 10.3 Å². The molecule has 1 fully saturated rings. The van der Waals surface area contributed by atoms with Crippen molar-refractivity contribution < 1.29 is 13.2 Å². The molecule has 1 N–H and O–H groups in total. The highest BCUT2D eigenvalue weighted by Crippen LogP contribution is 2.29. The van der Waals surface area contributed by atoms with Gasteiger partial charge in [0.15, 0.2) is 17.5 Å². The summed E-state index contributed by atoms with van der Waals surface area (Å²) in [6.07, 6.45) is 6.59. The number of hydrogen-bond acceptors (Lipinski definition) is 2. The highest BCUT2D eigenvalue weighted by Gasteiger charge is 2.24. The summed E-state index contributed by atoms with van der Waals surface area (Å²) in [7, 11) is 0. The first-order valence-electron chi connectivity index (χ1n) is 6.90. The third-order valence-electron chi connectivity index (χ3n) is 3.87. The molecule has 1 saturated carbocycles. The van der Waals surface area contributed by atoms with Crippen LogP contribution in [0.5, 0.6) is 0 Å². The van der Waals surface area contributed by atoms with Crippen LogP contribution in [0.2, 0.25) is 0 Å². The molecule has 19 heavy (non-hydrogen) atoms. The third kappa shape index (κ3) is 3.39. The second-order valence-corrected chi connectivity index (χ2v) is 5.15. The van der Waals surface area contributed by atoms with Gasteiger partial charge in [0.2, 0.25) is 0 Å². The van der Waals surface area contributed by atoms with Crippen LogP contribution in [0.3, 0.4) is 0 Å². The Morgan fingerprint density at radius 3 is 2.53 bits per heavy atom. The van der Waals surface area contributed by atoms with Gasteiger partial charge in [-0.1, -0.05) is 26.2 Å². The molecule has 0 saturated heterocycles. The van der Waals surface area contributed by atoms with E-state index in [1.54, 1.807) is 0 Å². The fraction of sp³-hybridized carbons (Fsp3) is 0.643. The molecular formula is C14H19F3N2. The van der Waals surface area contributed by atoms with Crippen molar-refractivity contribution in [2.45, 2.75) is 51.5 Å². The summed E-state index contributed by atoms with van der Waals surface area (Å²) in [5.41, 5.74) is 0. The largest absolute Gasteiger partial charge is 0.365 e. The molecule has 1 unspecified atom stereocenters. The minimum Gasteiger partial charge on any atom is -0.365 e. The SMILES string of the molecule is CCC(Nc1nc(F)c(F)cc1F)C1CCCCC1. The fourth-order valence-electron chi connectivity index (χ4n) is 2.81. The predicted octanol–water partition coefficient (Wildman–Crippen LogP) is 4.27. The smallest absolute Gasteiger partial charge is 0.251 e. The van der Waals surface area contributed by atoms with E-state index in [9.17, 15) is 13.2 Å². The summed E-state index contributed by atoms with van der Waals surface area (Å²) in [5, 5.41) is 2.94. The van der Waals surface area contributed by atoms with E-state index < -0.39 is 17.6 Å². The number of hydrogen-bond donors (Lipinski definition) is 1. The van der Waals surface area contributed by atoms with Crippen molar-refractivity contribution in [2.24, 2.45) is 5.92 Å². The number of anilines is 1. The fourth-order valence-corrected chi connectivity index (χ4v) is 2.81. The highest BCUT2D eigenvalue weighted by molar-refractivity contribution is 5.37. The molecule has 0 radical (unpaired) electrons. The number of aromatic nitrogens is 1. The maximum atomic E-state index is 13.6. The van der Waals surface area contributed by atoms with E-state index in [-0.39, 0.29) is 11.9 Å². The van der Waals surface area contributed by atoms with Crippen LogP contribution in [0.1, 0.15) is 45.4 Å². The highest BCUT2D eigenvalue weighted by atomic mass is 19.2. The molecule has 1 aliphatic carbocycles. The second kappa shape index (κ2) is 6.26.